The summed E-state index contributed by atoms with van der Waals surface area (Å²) >= 11 is 0. The third-order valence-electron chi connectivity index (χ3n) is 6.63. The van der Waals surface area contributed by atoms with Crippen molar-refractivity contribution >= 4 is 22.7 Å². The lowest BCUT2D eigenvalue weighted by Crippen LogP contribution is -2.48. The number of hydrogen-bond acceptors (Lipinski definition) is 5. The van der Waals surface area contributed by atoms with Crippen LogP contribution in [0.2, 0.25) is 0 Å². The van der Waals surface area contributed by atoms with E-state index >= 15 is 4.39 Å². The van der Waals surface area contributed by atoms with Gasteiger partial charge < -0.3 is 14.7 Å². The molecule has 3 aromatic rings. The number of pyridine rings is 1. The second-order valence-electron chi connectivity index (χ2n) is 8.90. The highest BCUT2D eigenvalue weighted by Gasteiger charge is 2.38. The van der Waals surface area contributed by atoms with Gasteiger partial charge in [-0.2, -0.15) is 5.10 Å². The van der Waals surface area contributed by atoms with Crippen LogP contribution in [0.25, 0.3) is 16.7 Å². The number of alkyl halides is 1. The minimum absolute atomic E-state index is 0.0161. The largest absolute Gasteiger partial charge is 0.477 e. The molecule has 32 heavy (non-hydrogen) atoms. The SMILES string of the molecule is COCC1(F)CCCN(c2cc(C(=O)O)nc3c2c(C2CCC2)nn3-c2ccccc2)C1. The number of hydrogen-bond donors (Lipinski definition) is 1. The third-order valence-corrected chi connectivity index (χ3v) is 6.63. The summed E-state index contributed by atoms with van der Waals surface area (Å²) in [6.07, 6.45) is 4.31. The van der Waals surface area contributed by atoms with Crippen molar-refractivity contribution in [3.8, 4) is 5.69 Å². The molecule has 168 valence electrons. The fraction of sp³-hybridized carbons (Fsp3) is 0.458. The first-order chi connectivity index (χ1) is 15.5. The molecule has 2 aromatic heterocycles. The Morgan fingerprint density at radius 2 is 2.06 bits per heavy atom. The van der Waals surface area contributed by atoms with Gasteiger partial charge in [0.2, 0.25) is 0 Å². The number of ether oxygens (including phenoxy) is 1. The van der Waals surface area contributed by atoms with Gasteiger partial charge in [-0.3, -0.25) is 0 Å². The van der Waals surface area contributed by atoms with Crippen LogP contribution in [0.1, 0.15) is 54.2 Å². The summed E-state index contributed by atoms with van der Waals surface area (Å²) in [5, 5.41) is 15.5. The first kappa shape index (κ1) is 20.9. The van der Waals surface area contributed by atoms with E-state index in [-0.39, 0.29) is 18.8 Å². The van der Waals surface area contributed by atoms with Gasteiger partial charge in [0.1, 0.15) is 0 Å². The lowest BCUT2D eigenvalue weighted by Gasteiger charge is -2.39. The average Bonchev–Trinajstić information content (AvgIpc) is 3.11. The molecular weight excluding hydrogens is 411 g/mol. The van der Waals surface area contributed by atoms with Crippen molar-refractivity contribution in [1.82, 2.24) is 14.8 Å². The smallest absolute Gasteiger partial charge is 0.354 e. The zero-order valence-corrected chi connectivity index (χ0v) is 18.1. The Hall–Kier alpha value is -3.00. The van der Waals surface area contributed by atoms with Crippen molar-refractivity contribution in [2.45, 2.75) is 43.7 Å². The van der Waals surface area contributed by atoms with Crippen molar-refractivity contribution in [2.75, 3.05) is 31.7 Å². The van der Waals surface area contributed by atoms with E-state index in [0.717, 1.165) is 36.0 Å². The van der Waals surface area contributed by atoms with Crippen molar-refractivity contribution in [3.63, 3.8) is 0 Å². The molecule has 0 radical (unpaired) electrons. The summed E-state index contributed by atoms with van der Waals surface area (Å²) < 4.78 is 22.3. The first-order valence-corrected chi connectivity index (χ1v) is 11.1. The summed E-state index contributed by atoms with van der Waals surface area (Å²) in [5.74, 6) is -0.808. The standard InChI is InChI=1S/C24H27FN4O3/c1-32-15-24(25)11-6-12-28(14-24)19-13-18(23(30)31)26-22-20(19)21(16-7-5-8-16)27-29(22)17-9-3-2-4-10-17/h2-4,9-10,13,16H,5-8,11-12,14-15H2,1H3,(H,30,31). The van der Waals surface area contributed by atoms with Gasteiger partial charge >= 0.3 is 5.97 Å². The van der Waals surface area contributed by atoms with E-state index in [1.807, 2.05) is 35.2 Å². The van der Waals surface area contributed by atoms with Crippen LogP contribution in [0.4, 0.5) is 10.1 Å². The number of fused-ring (bicyclic) bond motifs is 1. The number of aromatic carboxylic acids is 1. The Kier molecular flexibility index (Phi) is 5.33. The molecule has 7 nitrogen and oxygen atoms in total. The van der Waals surface area contributed by atoms with Crippen LogP contribution in [0.15, 0.2) is 36.4 Å². The minimum atomic E-state index is -1.47. The van der Waals surface area contributed by atoms with Gasteiger partial charge in [0.15, 0.2) is 17.0 Å². The molecule has 3 heterocycles. The second kappa shape index (κ2) is 8.16. The van der Waals surface area contributed by atoms with E-state index in [0.29, 0.717) is 36.6 Å². The molecule has 2 aliphatic rings. The Labute approximate surface area is 185 Å². The quantitative estimate of drug-likeness (QED) is 0.617. The zero-order valence-electron chi connectivity index (χ0n) is 18.1. The molecule has 1 aliphatic heterocycles. The molecule has 0 spiro atoms. The molecule has 1 aliphatic carbocycles. The number of methoxy groups -OCH3 is 1. The van der Waals surface area contributed by atoms with E-state index in [1.54, 1.807) is 10.7 Å². The van der Waals surface area contributed by atoms with Crippen LogP contribution in [0.5, 0.6) is 0 Å². The minimum Gasteiger partial charge on any atom is -0.477 e. The van der Waals surface area contributed by atoms with Crippen molar-refractivity contribution < 1.29 is 19.0 Å². The number of nitrogens with zero attached hydrogens (tertiary/aromatic N) is 4. The number of aromatic nitrogens is 3. The number of anilines is 1. The van der Waals surface area contributed by atoms with E-state index in [2.05, 4.69) is 4.98 Å². The van der Waals surface area contributed by atoms with Crippen molar-refractivity contribution in [1.29, 1.82) is 0 Å². The molecule has 2 fully saturated rings. The Morgan fingerprint density at radius 3 is 2.72 bits per heavy atom. The van der Waals surface area contributed by atoms with Gasteiger partial charge in [0, 0.05) is 19.6 Å². The molecule has 1 saturated carbocycles. The fourth-order valence-electron chi connectivity index (χ4n) is 4.87. The lowest BCUT2D eigenvalue weighted by molar-refractivity contribution is 0.0302. The van der Waals surface area contributed by atoms with Crippen molar-refractivity contribution in [2.24, 2.45) is 0 Å². The molecule has 0 amide bonds. The van der Waals surface area contributed by atoms with Crippen LogP contribution < -0.4 is 4.90 Å². The molecular formula is C24H27FN4O3. The normalized spacial score (nSPS) is 21.6. The van der Waals surface area contributed by atoms with E-state index in [4.69, 9.17) is 9.84 Å². The Balaban J connectivity index is 1.73. The van der Waals surface area contributed by atoms with Crippen LogP contribution in [-0.4, -0.2) is 58.3 Å². The lowest BCUT2D eigenvalue weighted by atomic mass is 9.81. The predicted molar refractivity (Wildman–Crippen MR) is 120 cm³/mol. The van der Waals surface area contributed by atoms with E-state index < -0.39 is 11.6 Å². The zero-order chi connectivity index (χ0) is 22.3. The van der Waals surface area contributed by atoms with Gasteiger partial charge in [0.05, 0.1) is 35.6 Å². The molecule has 1 saturated heterocycles. The van der Waals surface area contributed by atoms with E-state index in [9.17, 15) is 9.90 Å². The maximum atomic E-state index is 15.5. The monoisotopic (exact) mass is 438 g/mol. The summed E-state index contributed by atoms with van der Waals surface area (Å²) in [7, 11) is 1.51. The Morgan fingerprint density at radius 1 is 1.28 bits per heavy atom. The molecule has 5 rings (SSSR count). The molecule has 1 N–H and O–H groups in total. The first-order valence-electron chi connectivity index (χ1n) is 11.1. The number of para-hydroxylation sites is 1. The highest BCUT2D eigenvalue weighted by Crippen LogP contribution is 2.43. The van der Waals surface area contributed by atoms with Gasteiger partial charge in [-0.15, -0.1) is 0 Å². The van der Waals surface area contributed by atoms with Gasteiger partial charge in [-0.25, -0.2) is 18.9 Å². The number of carboxylic acids is 1. The van der Waals surface area contributed by atoms with Gasteiger partial charge in [0.25, 0.3) is 0 Å². The molecule has 1 unspecified atom stereocenters. The topological polar surface area (TPSA) is 80.5 Å². The van der Waals surface area contributed by atoms with Gasteiger partial charge in [-0.1, -0.05) is 24.6 Å². The van der Waals surface area contributed by atoms with Crippen LogP contribution >= 0.6 is 0 Å². The maximum Gasteiger partial charge on any atom is 0.354 e. The number of rotatable bonds is 6. The summed E-state index contributed by atoms with van der Waals surface area (Å²) in [5.41, 5.74) is 1.42. The molecule has 1 atom stereocenters. The fourth-order valence-corrected chi connectivity index (χ4v) is 4.87. The third kappa shape index (κ3) is 3.62. The number of carbonyl (C=O) groups is 1. The Bertz CT molecular complexity index is 1140. The van der Waals surface area contributed by atoms with E-state index in [1.165, 1.54) is 7.11 Å². The average molecular weight is 439 g/mol. The summed E-state index contributed by atoms with van der Waals surface area (Å²) in [4.78, 5) is 18.4. The number of carboxylic acid groups (broad SMARTS) is 1. The number of halogens is 1. The van der Waals surface area contributed by atoms with Crippen LogP contribution in [-0.2, 0) is 4.74 Å². The number of piperidine rings is 1. The predicted octanol–water partition coefficient (Wildman–Crippen LogP) is 4.34. The summed E-state index contributed by atoms with van der Waals surface area (Å²) in [6, 6.07) is 11.2. The van der Waals surface area contributed by atoms with Crippen LogP contribution in [0.3, 0.4) is 0 Å². The second-order valence-corrected chi connectivity index (χ2v) is 8.90. The summed E-state index contributed by atoms with van der Waals surface area (Å²) in [6.45, 7) is 0.816. The molecule has 1 aromatic carbocycles. The highest BCUT2D eigenvalue weighted by atomic mass is 19.1. The number of benzene rings is 1. The molecule has 0 bridgehead atoms. The van der Waals surface area contributed by atoms with Crippen molar-refractivity contribution in [3.05, 3.63) is 47.8 Å². The molecule has 8 heteroatoms. The maximum absolute atomic E-state index is 15.5. The van der Waals surface area contributed by atoms with Gasteiger partial charge in [-0.05, 0) is 43.9 Å². The van der Waals surface area contributed by atoms with Crippen LogP contribution in [0, 0.1) is 0 Å². The highest BCUT2D eigenvalue weighted by molar-refractivity contribution is 5.98.